The number of epoxide rings is 1. The number of ether oxygens (including phenoxy) is 1. The van der Waals surface area contributed by atoms with Gasteiger partial charge in [0.05, 0.1) is 12.2 Å². The van der Waals surface area contributed by atoms with E-state index in [0.29, 0.717) is 25.2 Å². The first-order valence-electron chi connectivity index (χ1n) is 7.72. The molecule has 0 aromatic carbocycles. The van der Waals surface area contributed by atoms with Gasteiger partial charge >= 0.3 is 5.97 Å². The van der Waals surface area contributed by atoms with Gasteiger partial charge in [0.25, 0.3) is 0 Å². The van der Waals surface area contributed by atoms with Crippen molar-refractivity contribution < 1.29 is 19.7 Å². The summed E-state index contributed by atoms with van der Waals surface area (Å²) in [6.45, 7) is 0.315. The van der Waals surface area contributed by atoms with E-state index in [1.807, 2.05) is 0 Å². The molecule has 112 valence electrons. The Morgan fingerprint density at radius 3 is 1.95 bits per heavy atom. The molecule has 2 atom stereocenters. The Bertz CT molecular complexity index is 242. The monoisotopic (exact) mass is 272 g/mol. The maximum absolute atomic E-state index is 10.3. The lowest BCUT2D eigenvalue weighted by Crippen LogP contribution is -1.96. The topological polar surface area (TPSA) is 70.1 Å². The minimum atomic E-state index is -0.693. The van der Waals surface area contributed by atoms with E-state index in [0.717, 1.165) is 38.5 Å². The van der Waals surface area contributed by atoms with Crippen molar-refractivity contribution in [1.82, 2.24) is 0 Å². The van der Waals surface area contributed by atoms with Crippen molar-refractivity contribution in [1.29, 1.82) is 0 Å². The molecule has 1 heterocycles. The second-order valence-electron chi connectivity index (χ2n) is 5.49. The van der Waals surface area contributed by atoms with Gasteiger partial charge < -0.3 is 14.9 Å². The fourth-order valence-electron chi connectivity index (χ4n) is 2.47. The van der Waals surface area contributed by atoms with E-state index in [-0.39, 0.29) is 0 Å². The number of aliphatic carboxylic acids is 1. The molecule has 19 heavy (non-hydrogen) atoms. The Labute approximate surface area is 116 Å². The maximum atomic E-state index is 10.3. The number of carboxylic acids is 1. The van der Waals surface area contributed by atoms with Gasteiger partial charge in [-0.1, -0.05) is 38.5 Å². The van der Waals surface area contributed by atoms with Crippen molar-refractivity contribution in [2.45, 2.75) is 82.8 Å². The average Bonchev–Trinajstić information content (AvgIpc) is 3.11. The summed E-state index contributed by atoms with van der Waals surface area (Å²) in [5.41, 5.74) is 0. The summed E-state index contributed by atoms with van der Waals surface area (Å²) >= 11 is 0. The third-order valence-electron chi connectivity index (χ3n) is 3.71. The van der Waals surface area contributed by atoms with Crippen LogP contribution in [-0.2, 0) is 9.53 Å². The lowest BCUT2D eigenvalue weighted by atomic mass is 10.0. The minimum absolute atomic E-state index is 0.294. The van der Waals surface area contributed by atoms with Crippen LogP contribution >= 0.6 is 0 Å². The summed E-state index contributed by atoms with van der Waals surface area (Å²) in [6, 6.07) is 0. The molecule has 0 aromatic rings. The Kier molecular flexibility index (Phi) is 8.84. The highest BCUT2D eigenvalue weighted by Gasteiger charge is 2.36. The quantitative estimate of drug-likeness (QED) is 0.399. The van der Waals surface area contributed by atoms with Gasteiger partial charge in [-0.2, -0.15) is 0 Å². The molecule has 1 unspecified atom stereocenters. The van der Waals surface area contributed by atoms with Crippen LogP contribution in [-0.4, -0.2) is 35.0 Å². The van der Waals surface area contributed by atoms with Crippen LogP contribution in [0.5, 0.6) is 0 Å². The van der Waals surface area contributed by atoms with Gasteiger partial charge in [-0.05, 0) is 25.7 Å². The van der Waals surface area contributed by atoms with Gasteiger partial charge in [0.2, 0.25) is 0 Å². The van der Waals surface area contributed by atoms with Crippen LogP contribution in [0.2, 0.25) is 0 Å². The molecule has 1 rings (SSSR count). The van der Waals surface area contributed by atoms with Gasteiger partial charge in [-0.25, -0.2) is 0 Å². The second-order valence-corrected chi connectivity index (χ2v) is 5.49. The van der Waals surface area contributed by atoms with Crippen molar-refractivity contribution >= 4 is 5.97 Å². The smallest absolute Gasteiger partial charge is 0.303 e. The molecule has 1 aliphatic rings. The van der Waals surface area contributed by atoms with Crippen LogP contribution in [0, 0.1) is 0 Å². The van der Waals surface area contributed by atoms with Gasteiger partial charge in [0, 0.05) is 13.0 Å². The molecule has 2 N–H and O–H groups in total. The van der Waals surface area contributed by atoms with Crippen molar-refractivity contribution in [3.05, 3.63) is 0 Å². The molecule has 4 nitrogen and oxygen atoms in total. The van der Waals surface area contributed by atoms with Crippen LogP contribution in [0.3, 0.4) is 0 Å². The fraction of sp³-hybridized carbons (Fsp3) is 0.933. The molecule has 0 aliphatic carbocycles. The zero-order chi connectivity index (χ0) is 13.9. The Hall–Kier alpha value is -0.610. The normalized spacial score (nSPS) is 21.5. The standard InChI is InChI=1S/C15H28O4/c16-12-8-3-1-2-5-9-13-14(19-13)10-6-4-7-11-15(17)18/h13-14,16H,1-12H2,(H,17,18)/t13?,14-/m1/s1. The third kappa shape index (κ3) is 9.00. The summed E-state index contributed by atoms with van der Waals surface area (Å²) in [6.07, 6.45) is 12.1. The van der Waals surface area contributed by atoms with E-state index in [2.05, 4.69) is 0 Å². The molecular weight excluding hydrogens is 244 g/mol. The number of carbonyl (C=O) groups is 1. The third-order valence-corrected chi connectivity index (χ3v) is 3.71. The first kappa shape index (κ1) is 16.4. The number of carboxylic acid groups (broad SMARTS) is 1. The molecule has 1 aliphatic heterocycles. The molecule has 0 amide bonds. The van der Waals surface area contributed by atoms with Gasteiger partial charge in [0.15, 0.2) is 0 Å². The van der Waals surface area contributed by atoms with Crippen molar-refractivity contribution in [2.24, 2.45) is 0 Å². The van der Waals surface area contributed by atoms with Crippen molar-refractivity contribution in [2.75, 3.05) is 6.61 Å². The lowest BCUT2D eigenvalue weighted by molar-refractivity contribution is -0.137. The largest absolute Gasteiger partial charge is 0.481 e. The zero-order valence-corrected chi connectivity index (χ0v) is 11.9. The zero-order valence-electron chi connectivity index (χ0n) is 11.9. The summed E-state index contributed by atoms with van der Waals surface area (Å²) < 4.78 is 5.62. The van der Waals surface area contributed by atoms with Crippen LogP contribution < -0.4 is 0 Å². The Balaban J connectivity index is 1.80. The molecule has 0 aromatic heterocycles. The molecule has 1 saturated heterocycles. The predicted molar refractivity (Wildman–Crippen MR) is 74.2 cm³/mol. The Morgan fingerprint density at radius 1 is 0.842 bits per heavy atom. The average molecular weight is 272 g/mol. The highest BCUT2D eigenvalue weighted by atomic mass is 16.6. The van der Waals surface area contributed by atoms with Crippen molar-refractivity contribution in [3.63, 3.8) is 0 Å². The predicted octanol–water partition coefficient (Wildman–Crippen LogP) is 3.12. The van der Waals surface area contributed by atoms with E-state index in [4.69, 9.17) is 14.9 Å². The molecular formula is C15H28O4. The second kappa shape index (κ2) is 10.2. The number of unbranched alkanes of at least 4 members (excludes halogenated alkanes) is 6. The van der Waals surface area contributed by atoms with E-state index in [1.54, 1.807) is 0 Å². The number of aliphatic hydroxyl groups excluding tert-OH is 1. The maximum Gasteiger partial charge on any atom is 0.303 e. The first-order chi connectivity index (χ1) is 9.24. The first-order valence-corrected chi connectivity index (χ1v) is 7.72. The highest BCUT2D eigenvalue weighted by Crippen LogP contribution is 2.31. The summed E-state index contributed by atoms with van der Waals surface area (Å²) in [4.78, 5) is 10.3. The van der Waals surface area contributed by atoms with Gasteiger partial charge in [0.1, 0.15) is 0 Å². The van der Waals surface area contributed by atoms with Crippen LogP contribution in [0.15, 0.2) is 0 Å². The fourth-order valence-corrected chi connectivity index (χ4v) is 2.47. The molecule has 0 spiro atoms. The molecule has 1 fully saturated rings. The number of rotatable bonds is 13. The molecule has 0 saturated carbocycles. The summed E-state index contributed by atoms with van der Waals surface area (Å²) in [5.74, 6) is -0.693. The molecule has 0 radical (unpaired) electrons. The minimum Gasteiger partial charge on any atom is -0.481 e. The summed E-state index contributed by atoms with van der Waals surface area (Å²) in [5, 5.41) is 17.2. The Morgan fingerprint density at radius 2 is 1.37 bits per heavy atom. The SMILES string of the molecule is O=C(O)CCCCC[C@H]1OC1CCCCCCCO. The van der Waals surface area contributed by atoms with E-state index >= 15 is 0 Å². The number of hydrogen-bond acceptors (Lipinski definition) is 3. The van der Waals surface area contributed by atoms with Gasteiger partial charge in [-0.3, -0.25) is 4.79 Å². The van der Waals surface area contributed by atoms with Crippen LogP contribution in [0.25, 0.3) is 0 Å². The van der Waals surface area contributed by atoms with Gasteiger partial charge in [-0.15, -0.1) is 0 Å². The molecule has 0 bridgehead atoms. The highest BCUT2D eigenvalue weighted by molar-refractivity contribution is 5.66. The molecule has 4 heteroatoms. The van der Waals surface area contributed by atoms with E-state index < -0.39 is 5.97 Å². The lowest BCUT2D eigenvalue weighted by Gasteiger charge is -1.99. The number of hydrogen-bond donors (Lipinski definition) is 2. The van der Waals surface area contributed by atoms with Crippen LogP contribution in [0.1, 0.15) is 70.6 Å². The van der Waals surface area contributed by atoms with E-state index in [9.17, 15) is 4.79 Å². The summed E-state index contributed by atoms with van der Waals surface area (Å²) in [7, 11) is 0. The van der Waals surface area contributed by atoms with Crippen molar-refractivity contribution in [3.8, 4) is 0 Å². The number of aliphatic hydroxyl groups is 1. The van der Waals surface area contributed by atoms with Crippen LogP contribution in [0.4, 0.5) is 0 Å². The van der Waals surface area contributed by atoms with E-state index in [1.165, 1.54) is 25.7 Å².